The van der Waals surface area contributed by atoms with Crippen molar-refractivity contribution in [2.75, 3.05) is 33.2 Å². The van der Waals surface area contributed by atoms with Crippen LogP contribution in [0.4, 0.5) is 0 Å². The first kappa shape index (κ1) is 24.9. The van der Waals surface area contributed by atoms with Gasteiger partial charge in [-0.3, -0.25) is 19.2 Å². The Labute approximate surface area is 174 Å². The molecule has 1 rings (SSSR count). The molecule has 29 heavy (non-hydrogen) atoms. The topological polar surface area (TPSA) is 107 Å². The number of piperazine rings is 1. The van der Waals surface area contributed by atoms with E-state index in [9.17, 15) is 24.3 Å². The van der Waals surface area contributed by atoms with Gasteiger partial charge >= 0.3 is 5.97 Å². The van der Waals surface area contributed by atoms with Gasteiger partial charge in [0.25, 0.3) is 0 Å². The quantitative estimate of drug-likeness (QED) is 0.631. The molecule has 1 aliphatic heterocycles. The van der Waals surface area contributed by atoms with E-state index in [1.165, 1.54) is 0 Å². The van der Waals surface area contributed by atoms with Gasteiger partial charge in [-0.05, 0) is 26.7 Å². The fourth-order valence-electron chi connectivity index (χ4n) is 4.11. The number of rotatable bonds is 8. The van der Waals surface area contributed by atoms with E-state index >= 15 is 0 Å². The number of carboxylic acids is 1. The van der Waals surface area contributed by atoms with E-state index in [-0.39, 0.29) is 36.0 Å². The number of amides is 3. The summed E-state index contributed by atoms with van der Waals surface area (Å²) in [5.41, 5.74) is -1.79. The molecule has 3 amide bonds. The molecule has 0 aromatic heterocycles. The van der Waals surface area contributed by atoms with Crippen molar-refractivity contribution in [3.63, 3.8) is 0 Å². The number of aliphatic carboxylic acids is 1. The van der Waals surface area contributed by atoms with Gasteiger partial charge in [0.05, 0.1) is 5.41 Å². The van der Waals surface area contributed by atoms with Gasteiger partial charge in [-0.2, -0.15) is 0 Å². The number of nitrogens with zero attached hydrogens (tertiary/aromatic N) is 2. The summed E-state index contributed by atoms with van der Waals surface area (Å²) in [6.07, 6.45) is 0.719. The summed E-state index contributed by atoms with van der Waals surface area (Å²) in [6.45, 7) is 12.2. The highest BCUT2D eigenvalue weighted by atomic mass is 16.4. The highest BCUT2D eigenvalue weighted by molar-refractivity contribution is 5.84. The average molecular weight is 412 g/mol. The van der Waals surface area contributed by atoms with Crippen LogP contribution >= 0.6 is 0 Å². The summed E-state index contributed by atoms with van der Waals surface area (Å²) in [4.78, 5) is 52.3. The summed E-state index contributed by atoms with van der Waals surface area (Å²) < 4.78 is 0. The van der Waals surface area contributed by atoms with Gasteiger partial charge in [-0.15, -0.1) is 0 Å². The van der Waals surface area contributed by atoms with Crippen LogP contribution in [0.15, 0.2) is 0 Å². The normalized spacial score (nSPS) is 17.5. The van der Waals surface area contributed by atoms with Gasteiger partial charge in [0.1, 0.15) is 0 Å². The number of hydrogen-bond acceptors (Lipinski definition) is 4. The van der Waals surface area contributed by atoms with Gasteiger partial charge in [-0.25, -0.2) is 0 Å². The molecule has 0 aliphatic carbocycles. The second-order valence-corrected chi connectivity index (χ2v) is 9.52. The molecule has 166 valence electrons. The van der Waals surface area contributed by atoms with Gasteiger partial charge in [0, 0.05) is 50.5 Å². The molecule has 8 nitrogen and oxygen atoms in total. The summed E-state index contributed by atoms with van der Waals surface area (Å²) in [7, 11) is 1.58. The molecule has 2 atom stereocenters. The Balaban J connectivity index is 2.64. The number of nitrogens with one attached hydrogen (secondary N) is 1. The first-order valence-corrected chi connectivity index (χ1v) is 10.3. The monoisotopic (exact) mass is 411 g/mol. The standard InChI is InChI=1S/C21H37N3O5/c1-14(16(25)22-7)12-15(2)17(26)23-8-10-24(11-9-23)18(27)20(3,4)13-21(5,6)19(28)29/h14-15H,8-13H2,1-7H3,(H,22,25)(H,28,29). The summed E-state index contributed by atoms with van der Waals surface area (Å²) in [5.74, 6) is -1.59. The average Bonchev–Trinajstić information content (AvgIpc) is 2.65. The lowest BCUT2D eigenvalue weighted by Crippen LogP contribution is -2.55. The van der Waals surface area contributed by atoms with E-state index in [0.29, 0.717) is 32.6 Å². The zero-order valence-electron chi connectivity index (χ0n) is 18.9. The van der Waals surface area contributed by atoms with Crippen molar-refractivity contribution in [3.05, 3.63) is 0 Å². The third-order valence-electron chi connectivity index (χ3n) is 5.74. The highest BCUT2D eigenvalue weighted by Crippen LogP contribution is 2.35. The van der Waals surface area contributed by atoms with Crippen molar-refractivity contribution in [1.82, 2.24) is 15.1 Å². The Kier molecular flexibility index (Phi) is 8.24. The highest BCUT2D eigenvalue weighted by Gasteiger charge is 2.41. The predicted molar refractivity (Wildman–Crippen MR) is 110 cm³/mol. The van der Waals surface area contributed by atoms with E-state index in [1.807, 2.05) is 6.92 Å². The Morgan fingerprint density at radius 3 is 1.83 bits per heavy atom. The van der Waals surface area contributed by atoms with Crippen molar-refractivity contribution >= 4 is 23.7 Å². The van der Waals surface area contributed by atoms with Crippen LogP contribution in [0.1, 0.15) is 54.4 Å². The van der Waals surface area contributed by atoms with Crippen LogP contribution in [0, 0.1) is 22.7 Å². The van der Waals surface area contributed by atoms with Gasteiger partial charge in [0.2, 0.25) is 17.7 Å². The second-order valence-electron chi connectivity index (χ2n) is 9.52. The Morgan fingerprint density at radius 1 is 0.897 bits per heavy atom. The molecule has 8 heteroatoms. The Bertz CT molecular complexity index is 636. The van der Waals surface area contributed by atoms with Crippen LogP contribution < -0.4 is 5.32 Å². The molecule has 2 unspecified atom stereocenters. The van der Waals surface area contributed by atoms with E-state index in [4.69, 9.17) is 0 Å². The van der Waals surface area contributed by atoms with Gasteiger partial charge < -0.3 is 20.2 Å². The molecule has 2 N–H and O–H groups in total. The largest absolute Gasteiger partial charge is 0.481 e. The maximum atomic E-state index is 13.0. The minimum Gasteiger partial charge on any atom is -0.481 e. The minimum absolute atomic E-state index is 0.000812. The van der Waals surface area contributed by atoms with E-state index < -0.39 is 16.8 Å². The second kappa shape index (κ2) is 9.59. The number of carbonyl (C=O) groups is 4. The first-order valence-electron chi connectivity index (χ1n) is 10.3. The smallest absolute Gasteiger partial charge is 0.309 e. The molecule has 0 saturated carbocycles. The van der Waals surface area contributed by atoms with Crippen LogP contribution in [-0.4, -0.2) is 71.8 Å². The third-order valence-corrected chi connectivity index (χ3v) is 5.74. The van der Waals surface area contributed by atoms with Crippen molar-refractivity contribution in [2.24, 2.45) is 22.7 Å². The molecular formula is C21H37N3O5. The van der Waals surface area contributed by atoms with Crippen LogP contribution in [0.25, 0.3) is 0 Å². The molecule has 0 aromatic carbocycles. The fourth-order valence-corrected chi connectivity index (χ4v) is 4.11. The van der Waals surface area contributed by atoms with Crippen molar-refractivity contribution < 1.29 is 24.3 Å². The molecular weight excluding hydrogens is 374 g/mol. The number of carbonyl (C=O) groups excluding carboxylic acids is 3. The first-order chi connectivity index (χ1) is 13.2. The Hall–Kier alpha value is -2.12. The lowest BCUT2D eigenvalue weighted by molar-refractivity contribution is -0.154. The van der Waals surface area contributed by atoms with Crippen LogP contribution in [0.3, 0.4) is 0 Å². The van der Waals surface area contributed by atoms with Crippen LogP contribution in [-0.2, 0) is 19.2 Å². The molecule has 0 bridgehead atoms. The van der Waals surface area contributed by atoms with Crippen molar-refractivity contribution in [2.45, 2.75) is 54.4 Å². The maximum absolute atomic E-state index is 13.0. The molecule has 0 spiro atoms. The van der Waals surface area contributed by atoms with Crippen molar-refractivity contribution in [3.8, 4) is 0 Å². The number of carboxylic acid groups (broad SMARTS) is 1. The van der Waals surface area contributed by atoms with Crippen molar-refractivity contribution in [1.29, 1.82) is 0 Å². The minimum atomic E-state index is -0.992. The summed E-state index contributed by atoms with van der Waals surface area (Å²) in [6, 6.07) is 0. The van der Waals surface area contributed by atoms with Gasteiger partial charge in [0.15, 0.2) is 0 Å². The van der Waals surface area contributed by atoms with E-state index in [0.717, 1.165) is 0 Å². The zero-order valence-corrected chi connectivity index (χ0v) is 18.9. The SMILES string of the molecule is CNC(=O)C(C)CC(C)C(=O)N1CCN(C(=O)C(C)(C)CC(C)(C)C(=O)O)CC1. The van der Waals surface area contributed by atoms with Gasteiger partial charge in [-0.1, -0.05) is 27.7 Å². The van der Waals surface area contributed by atoms with E-state index in [2.05, 4.69) is 5.32 Å². The predicted octanol–water partition coefficient (Wildman–Crippen LogP) is 1.59. The maximum Gasteiger partial charge on any atom is 0.309 e. The molecule has 1 aliphatic rings. The Morgan fingerprint density at radius 2 is 1.38 bits per heavy atom. The zero-order chi connectivity index (χ0) is 22.6. The summed E-state index contributed by atoms with van der Waals surface area (Å²) >= 11 is 0. The molecule has 0 radical (unpaired) electrons. The molecule has 1 saturated heterocycles. The molecule has 0 aromatic rings. The third kappa shape index (κ3) is 6.44. The fraction of sp³-hybridized carbons (Fsp3) is 0.810. The lowest BCUT2D eigenvalue weighted by Gasteiger charge is -2.40. The van der Waals surface area contributed by atoms with Crippen LogP contribution in [0.5, 0.6) is 0 Å². The van der Waals surface area contributed by atoms with E-state index in [1.54, 1.807) is 51.5 Å². The molecule has 1 heterocycles. The lowest BCUT2D eigenvalue weighted by atomic mass is 9.74. The number of hydrogen-bond donors (Lipinski definition) is 2. The summed E-state index contributed by atoms with van der Waals surface area (Å²) in [5, 5.41) is 12.0. The molecule has 1 fully saturated rings. The van der Waals surface area contributed by atoms with Crippen LogP contribution in [0.2, 0.25) is 0 Å².